The maximum Gasteiger partial charge on any atom is 0.471 e. The molecule has 18 heavy (non-hydrogen) atoms. The van der Waals surface area contributed by atoms with E-state index >= 15 is 0 Å². The molecular weight excluding hydrogens is 243 g/mol. The Balaban J connectivity index is 2.99. The van der Waals surface area contributed by atoms with E-state index in [2.05, 4.69) is 0 Å². The summed E-state index contributed by atoms with van der Waals surface area (Å²) in [6.07, 6.45) is -4.86. The molecule has 1 N–H and O–H groups in total. The van der Waals surface area contributed by atoms with Gasteiger partial charge in [0.15, 0.2) is 0 Å². The van der Waals surface area contributed by atoms with E-state index in [-0.39, 0.29) is 0 Å². The highest BCUT2D eigenvalue weighted by molar-refractivity contribution is 5.82. The molecule has 0 saturated carbocycles. The first kappa shape index (κ1) is 14.5. The van der Waals surface area contributed by atoms with Crippen LogP contribution >= 0.6 is 0 Å². The van der Waals surface area contributed by atoms with Gasteiger partial charge in [-0.05, 0) is 11.0 Å². The van der Waals surface area contributed by atoms with Crippen molar-refractivity contribution in [2.45, 2.75) is 33.0 Å². The molecule has 0 aliphatic heterocycles. The highest BCUT2D eigenvalue weighted by atomic mass is 19.4. The highest BCUT2D eigenvalue weighted by Gasteiger charge is 2.41. The summed E-state index contributed by atoms with van der Waals surface area (Å²) in [5.74, 6) is -1.91. The van der Waals surface area contributed by atoms with Crippen LogP contribution in [0.4, 0.5) is 13.2 Å². The number of carbonyl (C=O) groups excluding carboxylic acids is 1. The molecular formula is C13H16F3NO. The van der Waals surface area contributed by atoms with Gasteiger partial charge < -0.3 is 5.32 Å². The van der Waals surface area contributed by atoms with Gasteiger partial charge in [-0.1, -0.05) is 51.1 Å². The van der Waals surface area contributed by atoms with E-state index in [1.807, 2.05) is 5.32 Å². The minimum Gasteiger partial charge on any atom is -0.341 e. The molecule has 0 aromatic heterocycles. The predicted molar refractivity (Wildman–Crippen MR) is 62.8 cm³/mol. The molecule has 2 nitrogen and oxygen atoms in total. The average molecular weight is 259 g/mol. The number of amides is 1. The van der Waals surface area contributed by atoms with Crippen LogP contribution in [-0.4, -0.2) is 12.1 Å². The minimum absolute atomic E-state index is 0.512. The summed E-state index contributed by atoms with van der Waals surface area (Å²) < 4.78 is 36.9. The number of nitrogens with one attached hydrogen (secondary N) is 1. The number of halogens is 3. The summed E-state index contributed by atoms with van der Waals surface area (Å²) in [4.78, 5) is 11.1. The number of benzene rings is 1. The van der Waals surface area contributed by atoms with Crippen LogP contribution in [0.3, 0.4) is 0 Å². The van der Waals surface area contributed by atoms with Crippen LogP contribution in [0, 0.1) is 5.41 Å². The normalized spacial score (nSPS) is 14.1. The first-order valence-corrected chi connectivity index (χ1v) is 5.55. The Morgan fingerprint density at radius 1 is 1.11 bits per heavy atom. The van der Waals surface area contributed by atoms with Crippen molar-refractivity contribution in [1.82, 2.24) is 5.32 Å². The Kier molecular flexibility index (Phi) is 4.04. The van der Waals surface area contributed by atoms with Gasteiger partial charge in [-0.3, -0.25) is 4.79 Å². The van der Waals surface area contributed by atoms with Crippen LogP contribution in [-0.2, 0) is 4.79 Å². The Bertz CT molecular complexity index is 406. The first-order chi connectivity index (χ1) is 8.12. The smallest absolute Gasteiger partial charge is 0.341 e. The molecule has 0 spiro atoms. The first-order valence-electron chi connectivity index (χ1n) is 5.55. The fourth-order valence-corrected chi connectivity index (χ4v) is 1.66. The van der Waals surface area contributed by atoms with Crippen molar-refractivity contribution in [1.29, 1.82) is 0 Å². The van der Waals surface area contributed by atoms with E-state index in [0.717, 1.165) is 0 Å². The molecule has 1 aromatic rings. The zero-order chi connectivity index (χ0) is 14.0. The molecule has 1 amide bonds. The van der Waals surface area contributed by atoms with E-state index < -0.39 is 23.5 Å². The third kappa shape index (κ3) is 3.75. The zero-order valence-corrected chi connectivity index (χ0v) is 10.5. The van der Waals surface area contributed by atoms with Gasteiger partial charge >= 0.3 is 12.1 Å². The number of rotatable bonds is 2. The molecule has 0 aliphatic rings. The lowest BCUT2D eigenvalue weighted by Gasteiger charge is -2.32. The van der Waals surface area contributed by atoms with Crippen molar-refractivity contribution < 1.29 is 18.0 Å². The molecule has 100 valence electrons. The second kappa shape index (κ2) is 5.00. The molecule has 0 saturated heterocycles. The molecule has 0 unspecified atom stereocenters. The lowest BCUT2D eigenvalue weighted by molar-refractivity contribution is -0.175. The summed E-state index contributed by atoms with van der Waals surface area (Å²) in [7, 11) is 0. The Hall–Kier alpha value is -1.52. The van der Waals surface area contributed by atoms with Crippen LogP contribution in [0.1, 0.15) is 32.4 Å². The van der Waals surface area contributed by atoms with Crippen LogP contribution in [0.25, 0.3) is 0 Å². The van der Waals surface area contributed by atoms with Crippen molar-refractivity contribution in [3.05, 3.63) is 35.9 Å². The largest absolute Gasteiger partial charge is 0.471 e. The number of hydrogen-bond acceptors (Lipinski definition) is 1. The molecule has 1 rings (SSSR count). The van der Waals surface area contributed by atoms with Gasteiger partial charge in [0, 0.05) is 0 Å². The molecule has 5 heteroatoms. The van der Waals surface area contributed by atoms with Gasteiger partial charge in [0.2, 0.25) is 0 Å². The summed E-state index contributed by atoms with van der Waals surface area (Å²) in [5, 5.41) is 2.05. The molecule has 0 bridgehead atoms. The molecule has 0 radical (unpaired) electrons. The van der Waals surface area contributed by atoms with E-state index in [1.165, 1.54) is 0 Å². The molecule has 0 aliphatic carbocycles. The summed E-state index contributed by atoms with van der Waals surface area (Å²) in [6, 6.07) is 7.95. The minimum atomic E-state index is -4.86. The number of alkyl halides is 3. The van der Waals surface area contributed by atoms with Crippen molar-refractivity contribution >= 4 is 5.91 Å². The van der Waals surface area contributed by atoms with Gasteiger partial charge in [0.05, 0.1) is 6.04 Å². The maximum atomic E-state index is 12.3. The summed E-state index contributed by atoms with van der Waals surface area (Å²) >= 11 is 0. The van der Waals surface area contributed by atoms with Crippen molar-refractivity contribution in [2.75, 3.05) is 0 Å². The van der Waals surface area contributed by atoms with Crippen LogP contribution < -0.4 is 5.32 Å². The lowest BCUT2D eigenvalue weighted by atomic mass is 9.82. The molecule has 0 heterocycles. The third-order valence-electron chi connectivity index (χ3n) is 2.53. The second-order valence-electron chi connectivity index (χ2n) is 5.18. The van der Waals surface area contributed by atoms with Crippen LogP contribution in [0.15, 0.2) is 30.3 Å². The maximum absolute atomic E-state index is 12.3. The monoisotopic (exact) mass is 259 g/mol. The van der Waals surface area contributed by atoms with Gasteiger partial charge in [0.1, 0.15) is 0 Å². The van der Waals surface area contributed by atoms with Gasteiger partial charge in [-0.2, -0.15) is 13.2 Å². The molecule has 1 atom stereocenters. The number of hydrogen-bond donors (Lipinski definition) is 1. The van der Waals surface area contributed by atoms with Crippen molar-refractivity contribution in [3.8, 4) is 0 Å². The lowest BCUT2D eigenvalue weighted by Crippen LogP contribution is -2.43. The van der Waals surface area contributed by atoms with Crippen LogP contribution in [0.2, 0.25) is 0 Å². The van der Waals surface area contributed by atoms with Gasteiger partial charge in [-0.15, -0.1) is 0 Å². The topological polar surface area (TPSA) is 29.1 Å². The SMILES string of the molecule is CC(C)(C)[C@H](NC(=O)C(F)(F)F)c1ccccc1. The predicted octanol–water partition coefficient (Wildman–Crippen LogP) is 3.45. The average Bonchev–Trinajstić information content (AvgIpc) is 2.23. The molecule has 1 aromatic carbocycles. The Labute approximate surface area is 104 Å². The third-order valence-corrected chi connectivity index (χ3v) is 2.53. The quantitative estimate of drug-likeness (QED) is 0.866. The van der Waals surface area contributed by atoms with Gasteiger partial charge in [-0.25, -0.2) is 0 Å². The highest BCUT2D eigenvalue weighted by Crippen LogP contribution is 2.33. The van der Waals surface area contributed by atoms with E-state index in [9.17, 15) is 18.0 Å². The standard InChI is InChI=1S/C13H16F3NO/c1-12(2,3)10(9-7-5-4-6-8-9)17-11(18)13(14,15)16/h4-8,10H,1-3H3,(H,17,18)/t10-/m1/s1. The van der Waals surface area contributed by atoms with Crippen LogP contribution in [0.5, 0.6) is 0 Å². The fourth-order valence-electron chi connectivity index (χ4n) is 1.66. The Morgan fingerprint density at radius 3 is 2.00 bits per heavy atom. The summed E-state index contributed by atoms with van der Waals surface area (Å²) in [6.45, 7) is 5.34. The molecule has 0 fully saturated rings. The van der Waals surface area contributed by atoms with Crippen molar-refractivity contribution in [3.63, 3.8) is 0 Å². The van der Waals surface area contributed by atoms with E-state index in [0.29, 0.717) is 5.56 Å². The second-order valence-corrected chi connectivity index (χ2v) is 5.18. The van der Waals surface area contributed by atoms with E-state index in [1.54, 1.807) is 51.1 Å². The summed E-state index contributed by atoms with van der Waals surface area (Å²) in [5.41, 5.74) is 0.144. The van der Waals surface area contributed by atoms with Crippen molar-refractivity contribution in [2.24, 2.45) is 5.41 Å². The van der Waals surface area contributed by atoms with Gasteiger partial charge in [0.25, 0.3) is 0 Å². The number of carbonyl (C=O) groups is 1. The zero-order valence-electron chi connectivity index (χ0n) is 10.5. The fraction of sp³-hybridized carbons (Fsp3) is 0.462. The Morgan fingerprint density at radius 2 is 1.61 bits per heavy atom. The van der Waals surface area contributed by atoms with E-state index in [4.69, 9.17) is 0 Å².